The largest absolute Gasteiger partial charge is 0.465 e. The number of alkyl halides is 3. The van der Waals surface area contributed by atoms with Crippen LogP contribution in [0.15, 0.2) is 48.1 Å². The normalized spacial score (nSPS) is 16.7. The van der Waals surface area contributed by atoms with Crippen molar-refractivity contribution in [3.05, 3.63) is 64.3 Å². The molecular weight excluding hydrogens is 463 g/mol. The molecule has 0 radical (unpaired) electrons. The molecule has 1 amide bonds. The van der Waals surface area contributed by atoms with Crippen LogP contribution >= 0.6 is 11.6 Å². The summed E-state index contributed by atoms with van der Waals surface area (Å²) in [6, 6.07) is 5.49. The molecule has 7 nitrogen and oxygen atoms in total. The van der Waals surface area contributed by atoms with E-state index in [1.54, 1.807) is 37.3 Å². The van der Waals surface area contributed by atoms with Gasteiger partial charge in [0.05, 0.1) is 12.7 Å². The predicted octanol–water partition coefficient (Wildman–Crippen LogP) is 4.68. The van der Waals surface area contributed by atoms with Gasteiger partial charge in [-0.1, -0.05) is 35.9 Å². The van der Waals surface area contributed by atoms with Gasteiger partial charge >= 0.3 is 12.1 Å². The molecule has 1 aliphatic rings. The third-order valence-electron chi connectivity index (χ3n) is 5.06. The van der Waals surface area contributed by atoms with Crippen molar-refractivity contribution in [2.45, 2.75) is 25.6 Å². The first-order valence-corrected chi connectivity index (χ1v) is 10.2. The maximum Gasteiger partial charge on any atom is 0.436 e. The van der Waals surface area contributed by atoms with Crippen molar-refractivity contribution in [2.75, 3.05) is 7.11 Å². The maximum absolute atomic E-state index is 13.7. The number of halogens is 4. The standard InChI is InChI=1S/C22H21ClF3N3O4/c1-12(13-7-9-14(10-8-13)21(31)32-3)27-19(30)17-18(22(24,25)26)28-29(2)20(17)33-16-6-4-5-15(23)11-16/h4-7,9-13H,8H2,1-3H3,(H,27,30)/t12-,13?/m0/s1. The smallest absolute Gasteiger partial charge is 0.436 e. The van der Waals surface area contributed by atoms with E-state index in [4.69, 9.17) is 16.3 Å². The Bertz CT molecular complexity index is 1120. The predicted molar refractivity (Wildman–Crippen MR) is 114 cm³/mol. The van der Waals surface area contributed by atoms with Gasteiger partial charge in [0.2, 0.25) is 5.88 Å². The molecule has 1 aliphatic carbocycles. The van der Waals surface area contributed by atoms with E-state index < -0.39 is 35.4 Å². The van der Waals surface area contributed by atoms with Gasteiger partial charge in [-0.05, 0) is 31.5 Å². The van der Waals surface area contributed by atoms with E-state index in [1.165, 1.54) is 26.3 Å². The van der Waals surface area contributed by atoms with E-state index in [9.17, 15) is 22.8 Å². The summed E-state index contributed by atoms with van der Waals surface area (Å²) in [5.41, 5.74) is -1.72. The lowest BCUT2D eigenvalue weighted by Gasteiger charge is -2.24. The number of hydrogen-bond acceptors (Lipinski definition) is 5. The number of methoxy groups -OCH3 is 1. The Morgan fingerprint density at radius 2 is 2.06 bits per heavy atom. The molecule has 0 aliphatic heterocycles. The number of rotatable bonds is 6. The first-order valence-electron chi connectivity index (χ1n) is 9.86. The highest BCUT2D eigenvalue weighted by Gasteiger charge is 2.42. The number of amides is 1. The van der Waals surface area contributed by atoms with Gasteiger partial charge in [0.15, 0.2) is 5.69 Å². The van der Waals surface area contributed by atoms with E-state index in [0.29, 0.717) is 17.0 Å². The Morgan fingerprint density at radius 1 is 1.33 bits per heavy atom. The first kappa shape index (κ1) is 24.4. The van der Waals surface area contributed by atoms with Crippen LogP contribution in [0, 0.1) is 5.92 Å². The average Bonchev–Trinajstić information content (AvgIpc) is 3.10. The van der Waals surface area contributed by atoms with Crippen molar-refractivity contribution in [3.8, 4) is 11.6 Å². The van der Waals surface area contributed by atoms with Crippen molar-refractivity contribution in [1.82, 2.24) is 15.1 Å². The highest BCUT2D eigenvalue weighted by molar-refractivity contribution is 6.30. The number of esters is 1. The fourth-order valence-corrected chi connectivity index (χ4v) is 3.51. The summed E-state index contributed by atoms with van der Waals surface area (Å²) in [7, 11) is 2.51. The van der Waals surface area contributed by atoms with E-state index >= 15 is 0 Å². The average molecular weight is 484 g/mol. The van der Waals surface area contributed by atoms with Gasteiger partial charge in [0, 0.05) is 24.0 Å². The Kier molecular flexibility index (Phi) is 7.16. The molecule has 1 N–H and O–H groups in total. The van der Waals surface area contributed by atoms with E-state index in [1.807, 2.05) is 0 Å². The Morgan fingerprint density at radius 3 is 2.64 bits per heavy atom. The molecule has 176 valence electrons. The molecule has 0 spiro atoms. The van der Waals surface area contributed by atoms with Gasteiger partial charge in [-0.2, -0.15) is 18.3 Å². The second-order valence-electron chi connectivity index (χ2n) is 7.38. The molecule has 33 heavy (non-hydrogen) atoms. The van der Waals surface area contributed by atoms with Crippen LogP contribution in [0.3, 0.4) is 0 Å². The summed E-state index contributed by atoms with van der Waals surface area (Å²) >= 11 is 5.92. The maximum atomic E-state index is 13.7. The van der Waals surface area contributed by atoms with Gasteiger partial charge in [0.25, 0.3) is 5.91 Å². The van der Waals surface area contributed by atoms with Crippen molar-refractivity contribution in [1.29, 1.82) is 0 Å². The summed E-state index contributed by atoms with van der Waals surface area (Å²) in [4.78, 5) is 24.6. The van der Waals surface area contributed by atoms with Crippen LogP contribution in [0.5, 0.6) is 11.6 Å². The van der Waals surface area contributed by atoms with Crippen LogP contribution in [0.4, 0.5) is 13.2 Å². The van der Waals surface area contributed by atoms with Gasteiger partial charge in [-0.15, -0.1) is 0 Å². The quantitative estimate of drug-likeness (QED) is 0.603. The molecule has 11 heteroatoms. The molecule has 0 bridgehead atoms. The second-order valence-corrected chi connectivity index (χ2v) is 7.82. The summed E-state index contributed by atoms with van der Waals surface area (Å²) in [6.45, 7) is 1.66. The molecule has 1 aromatic carbocycles. The highest BCUT2D eigenvalue weighted by Crippen LogP contribution is 2.37. The number of hydrogen-bond donors (Lipinski definition) is 1. The minimum absolute atomic E-state index is 0.150. The third-order valence-corrected chi connectivity index (χ3v) is 5.29. The fourth-order valence-electron chi connectivity index (χ4n) is 3.33. The summed E-state index contributed by atoms with van der Waals surface area (Å²) in [5, 5.41) is 6.38. The van der Waals surface area contributed by atoms with Crippen molar-refractivity contribution in [3.63, 3.8) is 0 Å². The molecule has 2 aromatic rings. The van der Waals surface area contributed by atoms with Crippen LogP contribution < -0.4 is 10.1 Å². The Hall–Kier alpha value is -3.27. The summed E-state index contributed by atoms with van der Waals surface area (Å²) in [6.07, 6.45) is 0.425. The molecule has 1 aromatic heterocycles. The van der Waals surface area contributed by atoms with Crippen LogP contribution in [0.1, 0.15) is 29.4 Å². The number of nitrogens with one attached hydrogen (secondary N) is 1. The number of aryl methyl sites for hydroxylation is 1. The lowest BCUT2D eigenvalue weighted by molar-refractivity contribution is -0.141. The van der Waals surface area contributed by atoms with Crippen molar-refractivity contribution in [2.24, 2.45) is 13.0 Å². The second kappa shape index (κ2) is 9.70. The molecule has 3 rings (SSSR count). The Labute approximate surface area is 192 Å². The summed E-state index contributed by atoms with van der Waals surface area (Å²) < 4.78 is 52.1. The number of nitrogens with zero attached hydrogens (tertiary/aromatic N) is 2. The molecule has 2 atom stereocenters. The van der Waals surface area contributed by atoms with E-state index in [2.05, 4.69) is 15.2 Å². The van der Waals surface area contributed by atoms with Gasteiger partial charge < -0.3 is 14.8 Å². The Balaban J connectivity index is 1.86. The number of carbonyl (C=O) groups is 2. The number of ether oxygens (including phenoxy) is 2. The topological polar surface area (TPSA) is 82.5 Å². The minimum atomic E-state index is -4.88. The molecule has 0 saturated carbocycles. The zero-order valence-electron chi connectivity index (χ0n) is 17.9. The molecular formula is C22H21ClF3N3O4. The molecule has 0 saturated heterocycles. The van der Waals surface area contributed by atoms with Crippen LogP contribution in [-0.4, -0.2) is 34.8 Å². The van der Waals surface area contributed by atoms with Crippen LogP contribution in [0.2, 0.25) is 5.02 Å². The molecule has 1 heterocycles. The first-order chi connectivity index (χ1) is 15.5. The third kappa shape index (κ3) is 5.57. The number of carbonyl (C=O) groups excluding carboxylic acids is 2. The fraction of sp³-hybridized carbons (Fsp3) is 0.318. The molecule has 0 fully saturated rings. The summed E-state index contributed by atoms with van der Waals surface area (Å²) in [5.74, 6) is -1.95. The lowest BCUT2D eigenvalue weighted by atomic mass is 9.91. The van der Waals surface area contributed by atoms with E-state index in [0.717, 1.165) is 4.68 Å². The van der Waals surface area contributed by atoms with Crippen molar-refractivity contribution >= 4 is 23.5 Å². The minimum Gasteiger partial charge on any atom is -0.465 e. The van der Waals surface area contributed by atoms with Gasteiger partial charge in [0.1, 0.15) is 11.3 Å². The van der Waals surface area contributed by atoms with Gasteiger partial charge in [-0.25, -0.2) is 9.48 Å². The number of allylic oxidation sites excluding steroid dienone is 1. The van der Waals surface area contributed by atoms with Crippen LogP contribution in [-0.2, 0) is 22.8 Å². The zero-order chi connectivity index (χ0) is 24.3. The lowest BCUT2D eigenvalue weighted by Crippen LogP contribution is -2.38. The van der Waals surface area contributed by atoms with E-state index in [-0.39, 0.29) is 17.5 Å². The zero-order valence-corrected chi connectivity index (χ0v) is 18.7. The highest BCUT2D eigenvalue weighted by atomic mass is 35.5. The monoisotopic (exact) mass is 483 g/mol. The van der Waals surface area contributed by atoms with Crippen LogP contribution in [0.25, 0.3) is 0 Å². The SMILES string of the molecule is COC(=O)C1=CCC([C@H](C)NC(=O)c2c(C(F)(F)F)nn(C)c2Oc2cccc(Cl)c2)C=C1. The molecule has 1 unspecified atom stereocenters. The number of aromatic nitrogens is 2. The van der Waals surface area contributed by atoms with Gasteiger partial charge in [-0.3, -0.25) is 4.79 Å². The number of benzene rings is 1. The van der Waals surface area contributed by atoms with Crippen molar-refractivity contribution < 1.29 is 32.2 Å².